The highest BCUT2D eigenvalue weighted by Gasteiger charge is 2.42. The summed E-state index contributed by atoms with van der Waals surface area (Å²) in [7, 11) is 1.53. The van der Waals surface area contributed by atoms with Crippen molar-refractivity contribution in [2.24, 2.45) is 5.10 Å². The first-order valence-corrected chi connectivity index (χ1v) is 12.0. The first kappa shape index (κ1) is 24.2. The molecule has 1 aromatic heterocycles. The van der Waals surface area contributed by atoms with Crippen molar-refractivity contribution in [2.45, 2.75) is 38.5 Å². The molecule has 1 spiro atoms. The largest absolute Gasteiger partial charge is 0.365 e. The van der Waals surface area contributed by atoms with Gasteiger partial charge in [-0.25, -0.2) is 13.8 Å². The summed E-state index contributed by atoms with van der Waals surface area (Å²) in [4.78, 5) is 18.5. The van der Waals surface area contributed by atoms with Gasteiger partial charge in [0.1, 0.15) is 0 Å². The number of benzene rings is 2. The molecule has 5 rings (SSSR count). The van der Waals surface area contributed by atoms with Crippen LogP contribution in [-0.4, -0.2) is 46.6 Å². The normalized spacial score (nSPS) is 17.3. The maximum absolute atomic E-state index is 13.9. The van der Waals surface area contributed by atoms with E-state index in [1.54, 1.807) is 0 Å². The molecular formula is C28H28F2N4O2. The maximum atomic E-state index is 13.9. The minimum atomic E-state index is -0.963. The fourth-order valence-electron chi connectivity index (χ4n) is 4.91. The molecule has 0 saturated carbocycles. The maximum Gasteiger partial charge on any atom is 0.239 e. The van der Waals surface area contributed by atoms with Crippen molar-refractivity contribution in [3.63, 3.8) is 0 Å². The van der Waals surface area contributed by atoms with Gasteiger partial charge in [0, 0.05) is 62.7 Å². The molecule has 3 aromatic rings. The SMILES string of the molecule is CC(=O)N(C)/N=C(/c1ccc(CN2CCC3(CC2)OCc2ccncc23)cc1)c1ccc(F)c(F)c1. The lowest BCUT2D eigenvalue weighted by molar-refractivity contribution is -0.127. The number of piperidine rings is 1. The van der Waals surface area contributed by atoms with Crippen molar-refractivity contribution >= 4 is 11.6 Å². The Morgan fingerprint density at radius 2 is 1.81 bits per heavy atom. The number of rotatable bonds is 5. The lowest BCUT2D eigenvalue weighted by atomic mass is 9.84. The van der Waals surface area contributed by atoms with Crippen molar-refractivity contribution in [1.29, 1.82) is 0 Å². The highest BCUT2D eigenvalue weighted by molar-refractivity contribution is 6.13. The standard InChI is InChI=1S/C28H28F2N4O2/c1-19(35)33(2)32-27(22-7-8-25(29)26(30)15-22)21-5-3-20(4-6-21)17-34-13-10-28(11-14-34)24-16-31-12-9-23(24)18-36-28/h3-9,12,15-16H,10-11,13-14,17-18H2,1-2H3/b32-27-. The zero-order chi connectivity index (χ0) is 25.3. The smallest absolute Gasteiger partial charge is 0.239 e. The van der Waals surface area contributed by atoms with Crippen molar-refractivity contribution in [3.05, 3.63) is 100 Å². The number of halogens is 2. The number of hydrazone groups is 1. The summed E-state index contributed by atoms with van der Waals surface area (Å²) in [5.41, 5.74) is 4.87. The third kappa shape index (κ3) is 4.79. The monoisotopic (exact) mass is 490 g/mol. The van der Waals surface area contributed by atoms with E-state index in [1.807, 2.05) is 42.7 Å². The number of aromatic nitrogens is 1. The molecule has 2 aliphatic heterocycles. The number of amides is 1. The number of ether oxygens (including phenoxy) is 1. The van der Waals surface area contributed by atoms with Crippen LogP contribution in [0.2, 0.25) is 0 Å². The molecule has 0 radical (unpaired) electrons. The summed E-state index contributed by atoms with van der Waals surface area (Å²) < 4.78 is 33.7. The summed E-state index contributed by atoms with van der Waals surface area (Å²) in [6.07, 6.45) is 5.62. The second kappa shape index (κ2) is 9.87. The number of nitrogens with zero attached hydrogens (tertiary/aromatic N) is 4. The second-order valence-electron chi connectivity index (χ2n) is 9.41. The Kier molecular flexibility index (Phi) is 6.64. The summed E-state index contributed by atoms with van der Waals surface area (Å²) in [5, 5.41) is 5.56. The van der Waals surface area contributed by atoms with Crippen LogP contribution in [0, 0.1) is 11.6 Å². The van der Waals surface area contributed by atoms with Gasteiger partial charge in [0.05, 0.1) is 17.9 Å². The van der Waals surface area contributed by atoms with Crippen molar-refractivity contribution in [1.82, 2.24) is 14.9 Å². The van der Waals surface area contributed by atoms with E-state index in [4.69, 9.17) is 4.74 Å². The third-order valence-electron chi connectivity index (χ3n) is 7.10. The highest BCUT2D eigenvalue weighted by atomic mass is 19.2. The van der Waals surface area contributed by atoms with Crippen molar-refractivity contribution in [2.75, 3.05) is 20.1 Å². The summed E-state index contributed by atoms with van der Waals surface area (Å²) in [5.74, 6) is -2.16. The lowest BCUT2D eigenvalue weighted by Gasteiger charge is -2.39. The Labute approximate surface area is 209 Å². The van der Waals surface area contributed by atoms with Crippen molar-refractivity contribution < 1.29 is 18.3 Å². The van der Waals surface area contributed by atoms with Crippen LogP contribution in [0.3, 0.4) is 0 Å². The Bertz CT molecular complexity index is 1300. The van der Waals surface area contributed by atoms with Gasteiger partial charge in [0.25, 0.3) is 0 Å². The number of likely N-dealkylation sites (tertiary alicyclic amines) is 1. The molecule has 36 heavy (non-hydrogen) atoms. The predicted molar refractivity (Wildman–Crippen MR) is 132 cm³/mol. The Morgan fingerprint density at radius 3 is 2.50 bits per heavy atom. The van der Waals surface area contributed by atoms with E-state index in [9.17, 15) is 13.6 Å². The van der Waals surface area contributed by atoms with Gasteiger partial charge >= 0.3 is 0 Å². The molecule has 1 saturated heterocycles. The van der Waals surface area contributed by atoms with E-state index < -0.39 is 11.6 Å². The van der Waals surface area contributed by atoms with Gasteiger partial charge in [0.15, 0.2) is 11.6 Å². The van der Waals surface area contributed by atoms with Gasteiger partial charge in [-0.1, -0.05) is 24.3 Å². The molecular weight excluding hydrogens is 462 g/mol. The molecule has 6 nitrogen and oxygen atoms in total. The molecule has 186 valence electrons. The first-order chi connectivity index (χ1) is 17.3. The number of hydrogen-bond donors (Lipinski definition) is 0. The van der Waals surface area contributed by atoms with Gasteiger partial charge in [-0.05, 0) is 48.2 Å². The number of pyridine rings is 1. The van der Waals surface area contributed by atoms with Crippen molar-refractivity contribution in [3.8, 4) is 0 Å². The summed E-state index contributed by atoms with van der Waals surface area (Å²) >= 11 is 0. The molecule has 8 heteroatoms. The quantitative estimate of drug-likeness (QED) is 0.387. The molecule has 3 heterocycles. The zero-order valence-corrected chi connectivity index (χ0v) is 20.4. The molecule has 1 amide bonds. The van der Waals surface area contributed by atoms with E-state index in [-0.39, 0.29) is 11.5 Å². The summed E-state index contributed by atoms with van der Waals surface area (Å²) in [6, 6.07) is 13.5. The molecule has 0 unspecified atom stereocenters. The number of hydrogen-bond acceptors (Lipinski definition) is 5. The van der Waals surface area contributed by atoms with Gasteiger partial charge in [-0.15, -0.1) is 0 Å². The van der Waals surface area contributed by atoms with E-state index in [1.165, 1.54) is 36.2 Å². The van der Waals surface area contributed by atoms with Crippen LogP contribution in [-0.2, 0) is 28.3 Å². The van der Waals surface area contributed by atoms with Gasteiger partial charge < -0.3 is 4.74 Å². The van der Waals surface area contributed by atoms with Crippen LogP contribution in [0.25, 0.3) is 0 Å². The molecule has 0 aliphatic carbocycles. The van der Waals surface area contributed by atoms with Crippen LogP contribution >= 0.6 is 0 Å². The van der Waals surface area contributed by atoms with Crippen LogP contribution < -0.4 is 0 Å². The van der Waals surface area contributed by atoms with Gasteiger partial charge in [0.2, 0.25) is 5.91 Å². The Hall–Kier alpha value is -3.49. The first-order valence-electron chi connectivity index (χ1n) is 12.0. The van der Waals surface area contributed by atoms with E-state index in [0.29, 0.717) is 23.4 Å². The van der Waals surface area contributed by atoms with Crippen LogP contribution in [0.4, 0.5) is 8.78 Å². The average Bonchev–Trinajstić information content (AvgIpc) is 3.24. The minimum Gasteiger partial charge on any atom is -0.365 e. The summed E-state index contributed by atoms with van der Waals surface area (Å²) in [6.45, 7) is 4.67. The molecule has 2 aliphatic rings. The van der Waals surface area contributed by atoms with E-state index in [0.717, 1.165) is 50.2 Å². The van der Waals surface area contributed by atoms with E-state index in [2.05, 4.69) is 15.0 Å². The second-order valence-corrected chi connectivity index (χ2v) is 9.41. The Balaban J connectivity index is 1.30. The third-order valence-corrected chi connectivity index (χ3v) is 7.10. The molecule has 0 N–H and O–H groups in total. The van der Waals surface area contributed by atoms with Crippen LogP contribution in [0.15, 0.2) is 66.0 Å². The average molecular weight is 491 g/mol. The molecule has 1 fully saturated rings. The number of carbonyl (C=O) groups excluding carboxylic acids is 1. The van der Waals surface area contributed by atoms with Gasteiger partial charge in [-0.2, -0.15) is 5.10 Å². The van der Waals surface area contributed by atoms with Crippen LogP contribution in [0.1, 0.15) is 47.6 Å². The fraction of sp³-hybridized carbons (Fsp3) is 0.321. The van der Waals surface area contributed by atoms with Crippen LogP contribution in [0.5, 0.6) is 0 Å². The molecule has 2 aromatic carbocycles. The predicted octanol–water partition coefficient (Wildman–Crippen LogP) is 4.61. The number of carbonyl (C=O) groups is 1. The highest BCUT2D eigenvalue weighted by Crippen LogP contribution is 2.43. The lowest BCUT2D eigenvalue weighted by Crippen LogP contribution is -2.42. The molecule has 0 bridgehead atoms. The van der Waals surface area contributed by atoms with E-state index >= 15 is 0 Å². The zero-order valence-electron chi connectivity index (χ0n) is 20.4. The topological polar surface area (TPSA) is 58.0 Å². The minimum absolute atomic E-state index is 0.220. The Morgan fingerprint density at radius 1 is 1.08 bits per heavy atom. The van der Waals surface area contributed by atoms with Gasteiger partial charge in [-0.3, -0.25) is 14.7 Å². The molecule has 0 atom stereocenters. The number of fused-ring (bicyclic) bond motifs is 2. The fourth-order valence-corrected chi connectivity index (χ4v) is 4.91.